The van der Waals surface area contributed by atoms with Crippen LogP contribution < -0.4 is 9.80 Å². The van der Waals surface area contributed by atoms with Gasteiger partial charge in [-0.3, -0.25) is 4.90 Å². The largest absolute Gasteiger partial charge is 0.317 e. The van der Waals surface area contributed by atoms with Gasteiger partial charge in [0.1, 0.15) is 0 Å². The van der Waals surface area contributed by atoms with E-state index < -0.39 is 0 Å². The lowest BCUT2D eigenvalue weighted by atomic mass is 10.3. The highest BCUT2D eigenvalue weighted by molar-refractivity contribution is 7.14. The summed E-state index contributed by atoms with van der Waals surface area (Å²) in [5, 5.41) is 6.20. The summed E-state index contributed by atoms with van der Waals surface area (Å²) in [5.74, 6) is 0. The van der Waals surface area contributed by atoms with Crippen molar-refractivity contribution < 1.29 is 0 Å². The summed E-state index contributed by atoms with van der Waals surface area (Å²) < 4.78 is 0. The van der Waals surface area contributed by atoms with Crippen LogP contribution in [0.25, 0.3) is 0 Å². The van der Waals surface area contributed by atoms with Crippen molar-refractivity contribution in [3.63, 3.8) is 0 Å². The molecule has 0 atom stereocenters. The SMILES string of the molecule is CC(C)N1CN(c2nccs2)CN(c2nccs2)C1. The first-order valence-electron chi connectivity index (χ1n) is 6.27. The number of hydrogen-bond donors (Lipinski definition) is 0. The molecule has 3 rings (SSSR count). The van der Waals surface area contributed by atoms with E-state index in [-0.39, 0.29) is 0 Å². The first-order chi connectivity index (χ1) is 9.24. The molecule has 0 N–H and O–H groups in total. The van der Waals surface area contributed by atoms with E-state index in [1.54, 1.807) is 22.7 Å². The van der Waals surface area contributed by atoms with E-state index in [4.69, 9.17) is 0 Å². The Morgan fingerprint density at radius 2 is 1.47 bits per heavy atom. The van der Waals surface area contributed by atoms with Crippen LogP contribution in [0.15, 0.2) is 23.2 Å². The predicted molar refractivity (Wildman–Crippen MR) is 80.8 cm³/mol. The van der Waals surface area contributed by atoms with Crippen LogP contribution in [0.3, 0.4) is 0 Å². The highest BCUT2D eigenvalue weighted by atomic mass is 32.1. The topological polar surface area (TPSA) is 35.5 Å². The van der Waals surface area contributed by atoms with Crippen molar-refractivity contribution in [2.75, 3.05) is 29.8 Å². The van der Waals surface area contributed by atoms with Crippen molar-refractivity contribution in [3.8, 4) is 0 Å². The molecule has 19 heavy (non-hydrogen) atoms. The van der Waals surface area contributed by atoms with Crippen molar-refractivity contribution in [2.45, 2.75) is 19.9 Å². The van der Waals surface area contributed by atoms with Gasteiger partial charge in [0.15, 0.2) is 10.3 Å². The molecule has 0 aromatic carbocycles. The van der Waals surface area contributed by atoms with Gasteiger partial charge < -0.3 is 9.80 Å². The smallest absolute Gasteiger partial charge is 0.187 e. The molecule has 0 bridgehead atoms. The number of nitrogens with zero attached hydrogens (tertiary/aromatic N) is 5. The average molecular weight is 295 g/mol. The van der Waals surface area contributed by atoms with Gasteiger partial charge in [-0.05, 0) is 13.8 Å². The van der Waals surface area contributed by atoms with Crippen LogP contribution in [-0.2, 0) is 0 Å². The first kappa shape index (κ1) is 12.8. The van der Waals surface area contributed by atoms with Crippen molar-refractivity contribution in [1.82, 2.24) is 14.9 Å². The molecule has 0 aliphatic carbocycles. The minimum Gasteiger partial charge on any atom is -0.317 e. The normalized spacial score (nSPS) is 17.4. The second-order valence-corrected chi connectivity index (χ2v) is 6.56. The van der Waals surface area contributed by atoms with E-state index in [1.165, 1.54) is 0 Å². The Labute approximate surface area is 121 Å². The molecule has 1 saturated heterocycles. The molecule has 7 heteroatoms. The minimum atomic E-state index is 0.505. The predicted octanol–water partition coefficient (Wildman–Crippen LogP) is 2.51. The second-order valence-electron chi connectivity index (χ2n) is 4.82. The lowest BCUT2D eigenvalue weighted by molar-refractivity contribution is 0.196. The lowest BCUT2D eigenvalue weighted by Crippen LogP contribution is -2.57. The summed E-state index contributed by atoms with van der Waals surface area (Å²) in [5.41, 5.74) is 0. The van der Waals surface area contributed by atoms with Gasteiger partial charge in [0.05, 0.1) is 20.0 Å². The van der Waals surface area contributed by atoms with Crippen LogP contribution in [0.2, 0.25) is 0 Å². The maximum Gasteiger partial charge on any atom is 0.187 e. The summed E-state index contributed by atoms with van der Waals surface area (Å²) in [4.78, 5) is 15.9. The zero-order chi connectivity index (χ0) is 13.2. The van der Waals surface area contributed by atoms with Gasteiger partial charge in [0.25, 0.3) is 0 Å². The Bertz CT molecular complexity index is 454. The summed E-state index contributed by atoms with van der Waals surface area (Å²) in [7, 11) is 0. The van der Waals surface area contributed by atoms with Crippen LogP contribution in [0, 0.1) is 0 Å². The molecule has 0 saturated carbocycles. The van der Waals surface area contributed by atoms with Crippen molar-refractivity contribution in [2.24, 2.45) is 0 Å². The van der Waals surface area contributed by atoms with Crippen LogP contribution in [-0.4, -0.2) is 40.9 Å². The molecule has 3 heterocycles. The number of rotatable bonds is 3. The Hall–Kier alpha value is -1.18. The van der Waals surface area contributed by atoms with Gasteiger partial charge in [-0.1, -0.05) is 0 Å². The summed E-state index contributed by atoms with van der Waals surface area (Å²) in [6.07, 6.45) is 3.73. The fraction of sp³-hybridized carbons (Fsp3) is 0.500. The monoisotopic (exact) mass is 295 g/mol. The number of hydrogen-bond acceptors (Lipinski definition) is 7. The van der Waals surface area contributed by atoms with E-state index in [9.17, 15) is 0 Å². The minimum absolute atomic E-state index is 0.505. The summed E-state index contributed by atoms with van der Waals surface area (Å²) in [6, 6.07) is 0.505. The van der Waals surface area contributed by atoms with Gasteiger partial charge in [-0.15, -0.1) is 22.7 Å². The highest BCUT2D eigenvalue weighted by Crippen LogP contribution is 2.26. The van der Waals surface area contributed by atoms with Crippen LogP contribution >= 0.6 is 22.7 Å². The van der Waals surface area contributed by atoms with Gasteiger partial charge in [-0.25, -0.2) is 9.97 Å². The zero-order valence-electron chi connectivity index (χ0n) is 11.1. The lowest BCUT2D eigenvalue weighted by Gasteiger charge is -2.43. The van der Waals surface area contributed by atoms with E-state index >= 15 is 0 Å². The van der Waals surface area contributed by atoms with E-state index in [2.05, 4.69) is 38.5 Å². The Morgan fingerprint density at radius 3 is 1.84 bits per heavy atom. The van der Waals surface area contributed by atoms with E-state index in [0.717, 1.165) is 30.3 Å². The quantitative estimate of drug-likeness (QED) is 0.869. The first-order valence-corrected chi connectivity index (χ1v) is 8.03. The summed E-state index contributed by atoms with van der Waals surface area (Å²) in [6.45, 7) is 7.15. The molecule has 2 aromatic rings. The van der Waals surface area contributed by atoms with Crippen LogP contribution in [0.5, 0.6) is 0 Å². The molecule has 1 fully saturated rings. The molecule has 2 aromatic heterocycles. The zero-order valence-corrected chi connectivity index (χ0v) is 12.7. The van der Waals surface area contributed by atoms with Gasteiger partial charge in [0.2, 0.25) is 0 Å². The number of anilines is 2. The second kappa shape index (κ2) is 5.44. The van der Waals surface area contributed by atoms with Gasteiger partial charge in [-0.2, -0.15) is 0 Å². The van der Waals surface area contributed by atoms with Crippen LogP contribution in [0.4, 0.5) is 10.3 Å². The molecule has 1 aliphatic rings. The van der Waals surface area contributed by atoms with Crippen LogP contribution in [0.1, 0.15) is 13.8 Å². The fourth-order valence-corrected chi connectivity index (χ4v) is 3.35. The Kier molecular flexibility index (Phi) is 3.67. The summed E-state index contributed by atoms with van der Waals surface area (Å²) >= 11 is 3.37. The molecule has 5 nitrogen and oxygen atoms in total. The van der Waals surface area contributed by atoms with Crippen molar-refractivity contribution in [1.29, 1.82) is 0 Å². The third-order valence-electron chi connectivity index (χ3n) is 3.16. The average Bonchev–Trinajstić information content (AvgIpc) is 3.11. The third kappa shape index (κ3) is 2.72. The van der Waals surface area contributed by atoms with Crippen molar-refractivity contribution >= 4 is 32.9 Å². The molecule has 0 unspecified atom stereocenters. The Balaban J connectivity index is 1.82. The molecular weight excluding hydrogens is 278 g/mol. The van der Waals surface area contributed by atoms with Gasteiger partial charge >= 0.3 is 0 Å². The number of aromatic nitrogens is 2. The molecule has 1 aliphatic heterocycles. The van der Waals surface area contributed by atoms with E-state index in [1.807, 2.05) is 23.2 Å². The van der Waals surface area contributed by atoms with Gasteiger partial charge in [0, 0.05) is 29.2 Å². The Morgan fingerprint density at radius 1 is 0.947 bits per heavy atom. The molecule has 0 radical (unpaired) electrons. The molecule has 0 amide bonds. The maximum atomic E-state index is 4.42. The van der Waals surface area contributed by atoms with E-state index in [0.29, 0.717) is 6.04 Å². The highest BCUT2D eigenvalue weighted by Gasteiger charge is 2.27. The van der Waals surface area contributed by atoms with Crippen molar-refractivity contribution in [3.05, 3.63) is 23.2 Å². The third-order valence-corrected chi connectivity index (χ3v) is 4.82. The fourth-order valence-electron chi connectivity index (χ4n) is 2.09. The number of thiazole rings is 2. The standard InChI is InChI=1S/C12H17N5S2/c1-10(2)15-7-16(11-13-3-5-18-11)9-17(8-15)12-14-4-6-19-12/h3-6,10H,7-9H2,1-2H3. The maximum absolute atomic E-state index is 4.42. The molecular formula is C12H17N5S2. The molecule has 102 valence electrons. The molecule has 0 spiro atoms.